The molecule has 55 heavy (non-hydrogen) atoms. The maximum absolute atomic E-state index is 12.6. The predicted molar refractivity (Wildman–Crippen MR) is 226 cm³/mol. The minimum absolute atomic E-state index is 0.119. The fraction of sp³-hybridized carbons (Fsp3) is 0.468. The van der Waals surface area contributed by atoms with E-state index >= 15 is 0 Å². The van der Waals surface area contributed by atoms with E-state index in [9.17, 15) is 4.79 Å². The van der Waals surface area contributed by atoms with Gasteiger partial charge in [0.15, 0.2) is 0 Å². The van der Waals surface area contributed by atoms with Crippen LogP contribution >= 0.6 is 0 Å². The first-order valence-corrected chi connectivity index (χ1v) is 24.2. The Morgan fingerprint density at radius 1 is 0.582 bits per heavy atom. The molecule has 0 aromatic heterocycles. The van der Waals surface area contributed by atoms with Crippen molar-refractivity contribution in [2.45, 2.75) is 139 Å². The molecular formula is C47H60O6Si2. The Morgan fingerprint density at radius 2 is 1.00 bits per heavy atom. The van der Waals surface area contributed by atoms with Gasteiger partial charge < -0.3 is 27.9 Å². The normalized spacial score (nSPS) is 27.3. The van der Waals surface area contributed by atoms with Gasteiger partial charge in [-0.05, 0) is 50.1 Å². The van der Waals surface area contributed by atoms with Gasteiger partial charge >= 0.3 is 0 Å². The van der Waals surface area contributed by atoms with Crippen molar-refractivity contribution in [3.05, 3.63) is 121 Å². The third-order valence-corrected chi connectivity index (χ3v) is 22.3. The average Bonchev–Trinajstić information content (AvgIpc) is 3.52. The predicted octanol–water partition coefficient (Wildman–Crippen LogP) is 7.35. The number of rotatable bonds is 12. The van der Waals surface area contributed by atoms with Crippen molar-refractivity contribution in [2.75, 3.05) is 0 Å². The summed E-state index contributed by atoms with van der Waals surface area (Å²) in [6.45, 7) is 16.0. The van der Waals surface area contributed by atoms with Crippen LogP contribution in [0.3, 0.4) is 0 Å². The van der Waals surface area contributed by atoms with Gasteiger partial charge in [-0.2, -0.15) is 0 Å². The number of hydrogen-bond donors (Lipinski definition) is 0. The van der Waals surface area contributed by atoms with Crippen LogP contribution in [-0.2, 0) is 27.9 Å². The summed E-state index contributed by atoms with van der Waals surface area (Å²) < 4.78 is 37.5. The smallest absolute Gasteiger partial charge is 0.261 e. The summed E-state index contributed by atoms with van der Waals surface area (Å²) in [6, 6.07) is 43.0. The minimum Gasteiger partial charge on any atom is -0.399 e. The number of aldehydes is 1. The Hall–Kier alpha value is -3.22. The Morgan fingerprint density at radius 3 is 1.40 bits per heavy atom. The molecule has 3 aliphatic heterocycles. The molecule has 7 rings (SSSR count). The Kier molecular flexibility index (Phi) is 11.9. The van der Waals surface area contributed by atoms with Gasteiger partial charge in [-0.1, -0.05) is 176 Å². The zero-order chi connectivity index (χ0) is 38.8. The number of benzene rings is 4. The van der Waals surface area contributed by atoms with Crippen molar-refractivity contribution in [2.24, 2.45) is 0 Å². The fourth-order valence-electron chi connectivity index (χ4n) is 9.78. The van der Waals surface area contributed by atoms with Crippen LogP contribution in [0.25, 0.3) is 0 Å². The number of carbonyl (C=O) groups excluding carboxylic acids is 1. The van der Waals surface area contributed by atoms with E-state index in [1.165, 1.54) is 20.7 Å². The van der Waals surface area contributed by atoms with Crippen molar-refractivity contribution >= 4 is 43.7 Å². The maximum Gasteiger partial charge on any atom is 0.261 e. The van der Waals surface area contributed by atoms with Gasteiger partial charge in [0.25, 0.3) is 16.6 Å². The van der Waals surface area contributed by atoms with Crippen LogP contribution in [-0.4, -0.2) is 71.8 Å². The Balaban J connectivity index is 1.39. The fourth-order valence-corrected chi connectivity index (χ4v) is 19.2. The summed E-state index contributed by atoms with van der Waals surface area (Å²) in [5.74, 6) is 0. The highest BCUT2D eigenvalue weighted by Gasteiger charge is 2.64. The molecule has 0 N–H and O–H groups in total. The van der Waals surface area contributed by atoms with Crippen molar-refractivity contribution < 1.29 is 27.9 Å². The van der Waals surface area contributed by atoms with Crippen LogP contribution in [0.15, 0.2) is 121 Å². The van der Waals surface area contributed by atoms with Crippen LogP contribution in [0, 0.1) is 0 Å². The molecule has 4 aromatic rings. The summed E-state index contributed by atoms with van der Waals surface area (Å²) in [5, 5.41) is 4.23. The van der Waals surface area contributed by atoms with E-state index in [0.717, 1.165) is 32.0 Å². The van der Waals surface area contributed by atoms with E-state index in [2.05, 4.69) is 170 Å². The van der Waals surface area contributed by atoms with Gasteiger partial charge in [-0.25, -0.2) is 0 Å². The third-order valence-electron chi connectivity index (χ3n) is 12.2. The van der Waals surface area contributed by atoms with E-state index in [1.807, 2.05) is 0 Å². The van der Waals surface area contributed by atoms with Crippen LogP contribution in [0.1, 0.15) is 80.6 Å². The highest BCUT2D eigenvalue weighted by Crippen LogP contribution is 2.48. The molecule has 0 bridgehead atoms. The molecule has 0 spiro atoms. The number of ether oxygens (including phenoxy) is 3. The van der Waals surface area contributed by atoms with Crippen LogP contribution in [0.4, 0.5) is 0 Å². The second kappa shape index (κ2) is 16.3. The molecule has 1 unspecified atom stereocenters. The van der Waals surface area contributed by atoms with Crippen LogP contribution in [0.2, 0.25) is 10.1 Å². The van der Waals surface area contributed by atoms with E-state index in [0.29, 0.717) is 0 Å². The second-order valence-electron chi connectivity index (χ2n) is 17.8. The Bertz CT molecular complexity index is 1750. The summed E-state index contributed by atoms with van der Waals surface area (Å²) >= 11 is 0. The van der Waals surface area contributed by atoms with E-state index < -0.39 is 47.2 Å². The minimum atomic E-state index is -3.08. The summed E-state index contributed by atoms with van der Waals surface area (Å²) in [7, 11) is -6.15. The monoisotopic (exact) mass is 776 g/mol. The van der Waals surface area contributed by atoms with Crippen LogP contribution in [0.5, 0.6) is 0 Å². The molecule has 292 valence electrons. The van der Waals surface area contributed by atoms with Crippen LogP contribution < -0.4 is 20.7 Å². The SMILES string of the molecule is CCC[C@H]1CC[C@@H]2O[C@@H]3[C@@H](OC(CC=O)[C@@H]3O[Si](c3ccccc3)(c3ccccc3)C(C)(C)C)[C@@H](O[Si](c3ccccc3)(c3ccccc3)C(C)(C)C)[C@H]2O1. The van der Waals surface area contributed by atoms with E-state index in [-0.39, 0.29) is 34.8 Å². The first-order chi connectivity index (χ1) is 26.4. The van der Waals surface area contributed by atoms with Gasteiger partial charge in [0, 0.05) is 6.42 Å². The summed E-state index contributed by atoms with van der Waals surface area (Å²) in [6.07, 6.45) is 2.08. The molecule has 3 saturated heterocycles. The maximum atomic E-state index is 12.6. The molecule has 3 aliphatic rings. The van der Waals surface area contributed by atoms with Gasteiger partial charge in [0.05, 0.1) is 18.3 Å². The molecule has 0 amide bonds. The van der Waals surface area contributed by atoms with Gasteiger partial charge in [0.1, 0.15) is 36.8 Å². The second-order valence-corrected chi connectivity index (χ2v) is 26.3. The van der Waals surface area contributed by atoms with Gasteiger partial charge in [0.2, 0.25) is 0 Å². The molecular weight excluding hydrogens is 717 g/mol. The van der Waals surface area contributed by atoms with E-state index in [4.69, 9.17) is 23.1 Å². The van der Waals surface area contributed by atoms with Gasteiger partial charge in [-0.15, -0.1) is 0 Å². The van der Waals surface area contributed by atoms with Crippen molar-refractivity contribution in [1.82, 2.24) is 0 Å². The molecule has 4 aromatic carbocycles. The topological polar surface area (TPSA) is 63.2 Å². The first kappa shape index (κ1) is 40.0. The van der Waals surface area contributed by atoms with Crippen molar-refractivity contribution in [3.8, 4) is 0 Å². The number of carbonyl (C=O) groups is 1. The molecule has 3 heterocycles. The largest absolute Gasteiger partial charge is 0.399 e. The average molecular weight is 777 g/mol. The standard InChI is InChI=1S/C47H60O6Si2/c1-8-21-34-30-31-39-41(49-34)45(53-55(47(5,6)7,37-26-17-11-18-27-37)38-28-19-12-20-29-38)44-43(50-39)42(40(51-44)32-33-48)52-54(46(2,3)4,35-22-13-9-14-23-35)36-24-15-10-16-25-36/h9-20,22-29,33-34,39-45H,8,21,30-32H2,1-7H3/t34-,39-,40?,41-,42-,43-,44+,45-/m0/s1. The number of hydrogen-bond acceptors (Lipinski definition) is 6. The lowest BCUT2D eigenvalue weighted by Crippen LogP contribution is -2.73. The molecule has 0 saturated carbocycles. The molecule has 0 radical (unpaired) electrons. The lowest BCUT2D eigenvalue weighted by molar-refractivity contribution is -0.255. The van der Waals surface area contributed by atoms with E-state index in [1.54, 1.807) is 0 Å². The number of fused-ring (bicyclic) bond motifs is 2. The molecule has 8 heteroatoms. The van der Waals surface area contributed by atoms with Crippen molar-refractivity contribution in [1.29, 1.82) is 0 Å². The highest BCUT2D eigenvalue weighted by molar-refractivity contribution is 7.00. The molecule has 8 atom stereocenters. The zero-order valence-corrected chi connectivity index (χ0v) is 35.7. The third kappa shape index (κ3) is 7.40. The summed E-state index contributed by atoms with van der Waals surface area (Å²) in [5.41, 5.74) is 0. The molecule has 6 nitrogen and oxygen atoms in total. The molecule has 3 fully saturated rings. The zero-order valence-electron chi connectivity index (χ0n) is 33.7. The lowest BCUT2D eigenvalue weighted by Gasteiger charge is -2.53. The lowest BCUT2D eigenvalue weighted by atomic mass is 9.87. The Labute approximate surface area is 331 Å². The molecule has 0 aliphatic carbocycles. The first-order valence-electron chi connectivity index (χ1n) is 20.4. The summed E-state index contributed by atoms with van der Waals surface area (Å²) in [4.78, 5) is 12.6. The van der Waals surface area contributed by atoms with Gasteiger partial charge in [-0.3, -0.25) is 0 Å². The van der Waals surface area contributed by atoms with Crippen molar-refractivity contribution in [3.63, 3.8) is 0 Å². The quantitative estimate of drug-likeness (QED) is 0.111. The highest BCUT2D eigenvalue weighted by atomic mass is 28.4.